The lowest BCUT2D eigenvalue weighted by atomic mass is 10.1. The zero-order valence-electron chi connectivity index (χ0n) is 13.8. The van der Waals surface area contributed by atoms with Gasteiger partial charge in [-0.2, -0.15) is 0 Å². The monoisotopic (exact) mass is 347 g/mol. The molecule has 3 rings (SSSR count). The Balaban J connectivity index is 1.81. The van der Waals surface area contributed by atoms with Gasteiger partial charge in [-0.05, 0) is 32.7 Å². The van der Waals surface area contributed by atoms with Crippen LogP contribution < -0.4 is 11.1 Å². The number of hydrogen-bond acceptors (Lipinski definition) is 8. The van der Waals surface area contributed by atoms with Crippen LogP contribution in [0.1, 0.15) is 42.3 Å². The number of nitrogens with one attached hydrogen (secondary N) is 1. The van der Waals surface area contributed by atoms with Gasteiger partial charge in [-0.3, -0.25) is 9.69 Å². The second-order valence-corrected chi connectivity index (χ2v) is 6.86. The van der Waals surface area contributed by atoms with Gasteiger partial charge in [0.05, 0.1) is 18.3 Å². The number of nitrogens with two attached hydrogens (primary N) is 1. The van der Waals surface area contributed by atoms with Crippen LogP contribution in [0.25, 0.3) is 0 Å². The van der Waals surface area contributed by atoms with Crippen LogP contribution in [-0.4, -0.2) is 44.1 Å². The molecule has 2 aromatic heterocycles. The lowest BCUT2D eigenvalue weighted by molar-refractivity contribution is -0.119. The average Bonchev–Trinajstić information content (AvgIpc) is 3.15. The first-order valence-electron chi connectivity index (χ1n) is 8.02. The molecular weight excluding hydrogens is 326 g/mol. The normalized spacial score (nSPS) is 18.0. The molecule has 1 aliphatic heterocycles. The molecule has 128 valence electrons. The molecule has 0 aromatic carbocycles. The van der Waals surface area contributed by atoms with Crippen molar-refractivity contribution in [1.29, 1.82) is 0 Å². The molecule has 9 heteroatoms. The van der Waals surface area contributed by atoms with Crippen LogP contribution in [0.4, 0.5) is 10.9 Å². The van der Waals surface area contributed by atoms with Gasteiger partial charge in [0, 0.05) is 6.07 Å². The summed E-state index contributed by atoms with van der Waals surface area (Å²) in [5.74, 6) is 1.07. The first-order valence-corrected chi connectivity index (χ1v) is 8.84. The van der Waals surface area contributed by atoms with E-state index in [1.54, 1.807) is 0 Å². The highest BCUT2D eigenvalue weighted by molar-refractivity contribution is 7.15. The summed E-state index contributed by atoms with van der Waals surface area (Å²) >= 11 is 1.52. The van der Waals surface area contributed by atoms with Crippen molar-refractivity contribution >= 4 is 28.2 Å². The summed E-state index contributed by atoms with van der Waals surface area (Å²) in [4.78, 5) is 22.3. The van der Waals surface area contributed by atoms with E-state index in [1.165, 1.54) is 11.3 Å². The lowest BCUT2D eigenvalue weighted by Gasteiger charge is -2.23. The summed E-state index contributed by atoms with van der Waals surface area (Å²) in [5, 5.41) is 13.1. The Hall–Kier alpha value is -2.13. The molecule has 0 bridgehead atoms. The van der Waals surface area contributed by atoms with E-state index in [0.717, 1.165) is 41.6 Å². The molecule has 1 saturated heterocycles. The number of anilines is 2. The number of nitrogens with zero attached hydrogens (tertiary/aromatic N) is 5. The van der Waals surface area contributed by atoms with Crippen molar-refractivity contribution < 1.29 is 4.79 Å². The number of amides is 1. The van der Waals surface area contributed by atoms with E-state index < -0.39 is 0 Å². The molecule has 1 aliphatic rings. The number of rotatable bonds is 6. The van der Waals surface area contributed by atoms with Crippen LogP contribution in [0.15, 0.2) is 6.07 Å². The van der Waals surface area contributed by atoms with E-state index in [9.17, 15) is 4.79 Å². The minimum Gasteiger partial charge on any atom is -0.369 e. The first-order chi connectivity index (χ1) is 11.5. The minimum atomic E-state index is -0.313. The van der Waals surface area contributed by atoms with E-state index in [1.807, 2.05) is 19.9 Å². The smallest absolute Gasteiger partial charge is 0.231 e. The molecule has 0 radical (unpaired) electrons. The van der Waals surface area contributed by atoms with E-state index in [4.69, 9.17) is 5.73 Å². The fraction of sp³-hybridized carbons (Fsp3) is 0.533. The third kappa shape index (κ3) is 3.85. The van der Waals surface area contributed by atoms with Crippen LogP contribution in [0.3, 0.4) is 0 Å². The van der Waals surface area contributed by atoms with Gasteiger partial charge >= 0.3 is 0 Å². The number of aromatic nitrogens is 4. The maximum Gasteiger partial charge on any atom is 0.231 e. The van der Waals surface area contributed by atoms with Gasteiger partial charge in [0.15, 0.2) is 0 Å². The van der Waals surface area contributed by atoms with Gasteiger partial charge in [0.1, 0.15) is 16.6 Å². The quantitative estimate of drug-likeness (QED) is 0.816. The molecule has 24 heavy (non-hydrogen) atoms. The Labute approximate surface area is 144 Å². The zero-order chi connectivity index (χ0) is 17.1. The van der Waals surface area contributed by atoms with Crippen molar-refractivity contribution in [1.82, 2.24) is 25.1 Å². The summed E-state index contributed by atoms with van der Waals surface area (Å²) in [6.07, 6.45) is 2.85. The third-order valence-corrected chi connectivity index (χ3v) is 4.91. The number of aryl methyl sites for hydroxylation is 2. The fourth-order valence-corrected chi connectivity index (χ4v) is 3.62. The SMILES string of the molecule is CCc1nnc(Nc2cc(C3CCCN3CC(N)=O)nc(C)n2)s1. The van der Waals surface area contributed by atoms with Gasteiger partial charge in [0.25, 0.3) is 0 Å². The van der Waals surface area contributed by atoms with Crippen molar-refractivity contribution in [2.45, 2.75) is 39.2 Å². The van der Waals surface area contributed by atoms with E-state index in [-0.39, 0.29) is 18.5 Å². The second-order valence-electron chi connectivity index (χ2n) is 5.80. The average molecular weight is 347 g/mol. The molecule has 1 amide bonds. The molecule has 0 aliphatic carbocycles. The number of primary amides is 1. The topological polar surface area (TPSA) is 110 Å². The molecule has 0 saturated carbocycles. The van der Waals surface area contributed by atoms with Crippen LogP contribution in [0, 0.1) is 6.92 Å². The van der Waals surface area contributed by atoms with Crippen LogP contribution >= 0.6 is 11.3 Å². The minimum absolute atomic E-state index is 0.0976. The van der Waals surface area contributed by atoms with Crippen molar-refractivity contribution in [2.75, 3.05) is 18.4 Å². The highest BCUT2D eigenvalue weighted by Crippen LogP contribution is 2.31. The Morgan fingerprint density at radius 3 is 3.00 bits per heavy atom. The lowest BCUT2D eigenvalue weighted by Crippen LogP contribution is -2.33. The van der Waals surface area contributed by atoms with E-state index in [2.05, 4.69) is 30.4 Å². The maximum atomic E-state index is 11.3. The molecule has 3 heterocycles. The first kappa shape index (κ1) is 16.7. The zero-order valence-corrected chi connectivity index (χ0v) is 14.6. The third-order valence-electron chi connectivity index (χ3n) is 3.93. The fourth-order valence-electron chi connectivity index (χ4n) is 2.93. The second kappa shape index (κ2) is 7.18. The molecule has 1 unspecified atom stereocenters. The Bertz CT molecular complexity index is 732. The molecule has 2 aromatic rings. The number of carbonyl (C=O) groups excluding carboxylic acids is 1. The molecule has 1 atom stereocenters. The number of hydrogen-bond donors (Lipinski definition) is 2. The predicted octanol–water partition coefficient (Wildman–Crippen LogP) is 1.56. The summed E-state index contributed by atoms with van der Waals surface area (Å²) in [6.45, 7) is 5.02. The number of carbonyl (C=O) groups is 1. The molecular formula is C15H21N7OS. The molecule has 0 spiro atoms. The van der Waals surface area contributed by atoms with Gasteiger partial charge in [0.2, 0.25) is 11.0 Å². The summed E-state index contributed by atoms with van der Waals surface area (Å²) in [7, 11) is 0. The molecule has 3 N–H and O–H groups in total. The van der Waals surface area contributed by atoms with Crippen molar-refractivity contribution in [2.24, 2.45) is 5.73 Å². The van der Waals surface area contributed by atoms with Gasteiger partial charge < -0.3 is 11.1 Å². The van der Waals surface area contributed by atoms with E-state index >= 15 is 0 Å². The van der Waals surface area contributed by atoms with Crippen molar-refractivity contribution in [3.63, 3.8) is 0 Å². The highest BCUT2D eigenvalue weighted by atomic mass is 32.1. The van der Waals surface area contributed by atoms with Crippen molar-refractivity contribution in [3.05, 3.63) is 22.6 Å². The standard InChI is InChI=1S/C15H21N7OS/c1-3-14-20-21-15(24-14)19-13-7-10(17-9(2)18-13)11-5-4-6-22(11)8-12(16)23/h7,11H,3-6,8H2,1-2H3,(H2,16,23)(H,17,18,19,21). The summed E-state index contributed by atoms with van der Waals surface area (Å²) < 4.78 is 0. The van der Waals surface area contributed by atoms with Crippen LogP contribution in [-0.2, 0) is 11.2 Å². The van der Waals surface area contributed by atoms with Crippen molar-refractivity contribution in [3.8, 4) is 0 Å². The van der Waals surface area contributed by atoms with Crippen LogP contribution in [0.2, 0.25) is 0 Å². The van der Waals surface area contributed by atoms with Gasteiger partial charge in [-0.1, -0.05) is 18.3 Å². The predicted molar refractivity (Wildman–Crippen MR) is 92.1 cm³/mol. The van der Waals surface area contributed by atoms with E-state index in [0.29, 0.717) is 11.6 Å². The van der Waals surface area contributed by atoms with Gasteiger partial charge in [-0.25, -0.2) is 9.97 Å². The largest absolute Gasteiger partial charge is 0.369 e. The Kier molecular flexibility index (Phi) is 5.00. The summed E-state index contributed by atoms with van der Waals surface area (Å²) in [5.41, 5.74) is 6.26. The summed E-state index contributed by atoms with van der Waals surface area (Å²) in [6, 6.07) is 2.02. The number of likely N-dealkylation sites (tertiary alicyclic amines) is 1. The highest BCUT2D eigenvalue weighted by Gasteiger charge is 2.28. The molecule has 8 nitrogen and oxygen atoms in total. The maximum absolute atomic E-state index is 11.3. The van der Waals surface area contributed by atoms with Crippen LogP contribution in [0.5, 0.6) is 0 Å². The Morgan fingerprint density at radius 1 is 1.46 bits per heavy atom. The van der Waals surface area contributed by atoms with Gasteiger partial charge in [-0.15, -0.1) is 10.2 Å². The molecule has 1 fully saturated rings. The Morgan fingerprint density at radius 2 is 2.29 bits per heavy atom.